The predicted molar refractivity (Wildman–Crippen MR) is 543 cm³/mol. The van der Waals surface area contributed by atoms with E-state index in [0.29, 0.717) is 115 Å². The van der Waals surface area contributed by atoms with Crippen LogP contribution in [0.1, 0.15) is 84.6 Å². The van der Waals surface area contributed by atoms with Crippen LogP contribution in [0.5, 0.6) is 34.5 Å². The Bertz CT molecular complexity index is 7510. The van der Waals surface area contributed by atoms with Gasteiger partial charge in [0, 0.05) is 135 Å². The summed E-state index contributed by atoms with van der Waals surface area (Å²) in [7, 11) is 0. The summed E-state index contributed by atoms with van der Waals surface area (Å²) in [6.07, 6.45) is 11.9. The van der Waals surface area contributed by atoms with Crippen molar-refractivity contribution < 1.29 is 28.4 Å². The number of nitrogens with one attached hydrogen (secondary N) is 4. The van der Waals surface area contributed by atoms with Crippen LogP contribution in [0, 0.1) is 0 Å². The minimum Gasteiger partial charge on any atom is -0.493 e. The second-order valence-electron chi connectivity index (χ2n) is 34.7. The van der Waals surface area contributed by atoms with Crippen LogP contribution in [0.15, 0.2) is 315 Å². The van der Waals surface area contributed by atoms with Gasteiger partial charge in [-0.25, -0.2) is 39.9 Å². The fourth-order valence-electron chi connectivity index (χ4n) is 19.8. The highest BCUT2D eigenvalue weighted by atomic mass is 16.5. The Morgan fingerprint density at radius 3 is 0.632 bits per heavy atom. The number of H-pyrrole nitrogens is 4. The lowest BCUT2D eigenvalue weighted by Gasteiger charge is -2.29. The molecule has 654 valence electrons. The van der Waals surface area contributed by atoms with Gasteiger partial charge in [-0.15, -0.1) is 0 Å². The van der Waals surface area contributed by atoms with Crippen molar-refractivity contribution in [1.82, 2.24) is 59.8 Å². The van der Waals surface area contributed by atoms with Gasteiger partial charge in [0.2, 0.25) is 0 Å². The highest BCUT2D eigenvalue weighted by Crippen LogP contribution is 2.53. The lowest BCUT2D eigenvalue weighted by atomic mass is 9.95. The predicted octanol–water partition coefficient (Wildman–Crippen LogP) is 28.5. The summed E-state index contributed by atoms with van der Waals surface area (Å²) >= 11 is 0. The maximum atomic E-state index is 7.25. The number of benzene rings is 11. The van der Waals surface area contributed by atoms with Crippen LogP contribution in [-0.2, 0) is 26.4 Å². The summed E-state index contributed by atoms with van der Waals surface area (Å²) in [6.45, 7) is 5.44. The molecule has 0 radical (unpaired) electrons. The first-order valence-corrected chi connectivity index (χ1v) is 46.4. The summed E-state index contributed by atoms with van der Waals surface area (Å²) in [6, 6.07) is 108. The zero-order valence-electron chi connectivity index (χ0n) is 74.4. The third-order valence-corrected chi connectivity index (χ3v) is 26.3. The number of hydrogen-bond acceptors (Lipinski definition) is 14. The van der Waals surface area contributed by atoms with Gasteiger partial charge in [0.05, 0.1) is 58.1 Å². The molecule has 136 heavy (non-hydrogen) atoms. The number of aromatic amines is 4. The maximum Gasteiger partial charge on any atom is 0.164 e. The van der Waals surface area contributed by atoms with Crippen LogP contribution in [0.3, 0.4) is 0 Å². The molecule has 19 aromatic rings. The Balaban J connectivity index is 0.647. The Labute approximate surface area is 782 Å². The van der Waals surface area contributed by atoms with E-state index in [-0.39, 0.29) is 26.4 Å². The minimum atomic E-state index is 0.0677. The number of unbranched alkanes of at least 4 members (excludes halogenated alkanes) is 2. The van der Waals surface area contributed by atoms with E-state index in [1.807, 2.05) is 72.8 Å². The normalized spacial score (nSPS) is 12.7. The smallest absolute Gasteiger partial charge is 0.164 e. The van der Waals surface area contributed by atoms with Gasteiger partial charge >= 0.3 is 0 Å². The topological polar surface area (TPSA) is 222 Å². The summed E-state index contributed by atoms with van der Waals surface area (Å²) < 4.78 is 43.3. The maximum absolute atomic E-state index is 7.25. The second kappa shape index (κ2) is 34.1. The van der Waals surface area contributed by atoms with E-state index in [0.717, 1.165) is 204 Å². The number of rotatable bonds is 16. The molecule has 0 atom stereocenters. The van der Waals surface area contributed by atoms with Crippen molar-refractivity contribution in [2.24, 2.45) is 0 Å². The van der Waals surface area contributed by atoms with Gasteiger partial charge in [-0.1, -0.05) is 269 Å². The average Bonchev–Trinajstić information content (AvgIpc) is 1.33. The molecular formula is C118H86N12O6. The van der Waals surface area contributed by atoms with E-state index in [2.05, 4.69) is 301 Å². The molecule has 8 aromatic heterocycles. The largest absolute Gasteiger partial charge is 0.493 e. The first-order chi connectivity index (χ1) is 67.3. The molecule has 16 bridgehead atoms. The van der Waals surface area contributed by atoms with E-state index in [9.17, 15) is 0 Å². The summed E-state index contributed by atoms with van der Waals surface area (Å²) in [5, 5.41) is 0. The van der Waals surface area contributed by atoms with Gasteiger partial charge in [-0.05, 0) is 130 Å². The standard InChI is InChI=1S/C118H86N12O6/c1-3-5-59-131-117-77-65-133-97-61-93-95(127-115-111-107(75-43-27-13-28-44-75)91-57-53-87(123-91)103(71-35-19-9-20-36-71)83-49-47-81(119-83)101(69-31-15-7-16-32-69)85-51-55-89(121-85)105(73-39-23-11-24-40-73)109(129-111)113(115)125-93)63-99(97)135-67-79(77)118(132-60-6-4-2)80-68-136-100-64-96-94(62-98(100)134-66-78(80)117)126-114-110-106(74-41-25-12-26-42-74)90-56-52-86(122-90)102(70-33-17-8-18-34-70)82-48-50-84(120-82)104(72-37-21-10-22-38-72)88-54-58-92(124-88)108(76-45-29-14-30-46-76)112(130-110)116(114)128-96/h7-58,61-64,121-124H,3-6,59-60,65-68H2,1-2H3. The average molecular weight is 1770 g/mol. The third kappa shape index (κ3) is 14.3. The van der Waals surface area contributed by atoms with Gasteiger partial charge in [0.1, 0.15) is 83.5 Å². The molecule has 6 aliphatic heterocycles. The molecule has 0 amide bonds. The Morgan fingerprint density at radius 2 is 0.426 bits per heavy atom. The van der Waals surface area contributed by atoms with Crippen LogP contribution in [0.2, 0.25) is 0 Å². The first-order valence-electron chi connectivity index (χ1n) is 46.4. The molecule has 6 aliphatic rings. The molecule has 0 saturated heterocycles. The zero-order valence-corrected chi connectivity index (χ0v) is 74.4. The quantitative estimate of drug-likeness (QED) is 0.0661. The zero-order chi connectivity index (χ0) is 90.3. The van der Waals surface area contributed by atoms with Crippen LogP contribution >= 0.6 is 0 Å². The van der Waals surface area contributed by atoms with E-state index in [1.165, 1.54) is 0 Å². The molecule has 18 nitrogen and oxygen atoms in total. The molecule has 0 unspecified atom stereocenters. The monoisotopic (exact) mass is 1770 g/mol. The highest BCUT2D eigenvalue weighted by molar-refractivity contribution is 6.08. The first kappa shape index (κ1) is 80.7. The molecule has 0 fully saturated rings. The molecule has 18 heteroatoms. The molecular weight excluding hydrogens is 1680 g/mol. The lowest BCUT2D eigenvalue weighted by Crippen LogP contribution is -2.20. The Hall–Kier alpha value is -17.4. The number of aromatic nitrogens is 12. The van der Waals surface area contributed by atoms with E-state index in [4.69, 9.17) is 68.3 Å². The lowest BCUT2D eigenvalue weighted by molar-refractivity contribution is 0.202. The Morgan fingerprint density at radius 1 is 0.228 bits per heavy atom. The van der Waals surface area contributed by atoms with Crippen LogP contribution < -0.4 is 28.4 Å². The number of fused-ring (bicyclic) bond motifs is 28. The van der Waals surface area contributed by atoms with E-state index < -0.39 is 0 Å². The van der Waals surface area contributed by atoms with Gasteiger partial charge < -0.3 is 48.4 Å². The van der Waals surface area contributed by atoms with Crippen molar-refractivity contribution in [3.05, 3.63) is 360 Å². The van der Waals surface area contributed by atoms with Crippen LogP contribution in [0.25, 0.3) is 225 Å². The van der Waals surface area contributed by atoms with Crippen molar-refractivity contribution in [2.75, 3.05) is 13.2 Å². The fourth-order valence-corrected chi connectivity index (χ4v) is 19.8. The molecule has 0 spiro atoms. The summed E-state index contributed by atoms with van der Waals surface area (Å²) in [4.78, 5) is 61.8. The van der Waals surface area contributed by atoms with E-state index in [1.54, 1.807) is 0 Å². The fraction of sp³-hybridized carbons (Fsp3) is 0.102. The van der Waals surface area contributed by atoms with E-state index >= 15 is 0 Å². The van der Waals surface area contributed by atoms with Crippen molar-refractivity contribution in [2.45, 2.75) is 66.0 Å². The van der Waals surface area contributed by atoms with Gasteiger partial charge in [0.25, 0.3) is 0 Å². The molecule has 25 rings (SSSR count). The van der Waals surface area contributed by atoms with Crippen LogP contribution in [-0.4, -0.2) is 73.0 Å². The number of ether oxygens (including phenoxy) is 6. The van der Waals surface area contributed by atoms with Crippen LogP contribution in [0.4, 0.5) is 0 Å². The number of nitrogens with zero attached hydrogens (tertiary/aromatic N) is 8. The van der Waals surface area contributed by atoms with Gasteiger partial charge in [-0.2, -0.15) is 0 Å². The SMILES string of the molecule is CCCCOc1c2c(c(OCCCC)c3c1COc1cc4nc5c(nc4cc1OC3)-c1nc-5c(-c3ccccc3)c3ccc([nH]3)c(-c3ccccc3)c3nc(c(-c4ccccc4)c4ccc([nH]4)c1-c1ccccc1)C=C3)COc1cc3nc4c(nc3cc1OC2)-c1nc-4c(-c2ccccc2)c2ccc([nH]2)c(-c2ccccc2)c2nc(c(-c3ccccc3)c3ccc([nH]3)c1-c1ccccc1)C=C2. The van der Waals surface area contributed by atoms with Crippen molar-refractivity contribution >= 4 is 90.5 Å². The molecule has 11 aromatic carbocycles. The van der Waals surface area contributed by atoms with Crippen molar-refractivity contribution in [3.63, 3.8) is 0 Å². The number of hydrogen-bond donors (Lipinski definition) is 4. The summed E-state index contributed by atoms with van der Waals surface area (Å²) in [5.41, 5.74) is 35.3. The van der Waals surface area contributed by atoms with Crippen molar-refractivity contribution in [1.29, 1.82) is 0 Å². The minimum absolute atomic E-state index is 0.0677. The van der Waals surface area contributed by atoms with Gasteiger partial charge in [0.15, 0.2) is 23.0 Å². The van der Waals surface area contributed by atoms with Gasteiger partial charge in [-0.3, -0.25) is 0 Å². The molecule has 14 heterocycles. The molecule has 0 aliphatic carbocycles. The molecule has 4 N–H and O–H groups in total. The highest BCUT2D eigenvalue weighted by Gasteiger charge is 2.36. The molecule has 0 saturated carbocycles. The van der Waals surface area contributed by atoms with Crippen molar-refractivity contribution in [3.8, 4) is 169 Å². The third-order valence-electron chi connectivity index (χ3n) is 26.3. The summed E-state index contributed by atoms with van der Waals surface area (Å²) in [5.74, 6) is 3.13. The Kier molecular flexibility index (Phi) is 20.2. The second-order valence-corrected chi connectivity index (χ2v) is 34.7.